The van der Waals surface area contributed by atoms with Crippen LogP contribution in [0.4, 0.5) is 0 Å². The van der Waals surface area contributed by atoms with E-state index in [-0.39, 0.29) is 63.4 Å². The van der Waals surface area contributed by atoms with Crippen molar-refractivity contribution in [3.63, 3.8) is 0 Å². The molecule has 37 heavy (non-hydrogen) atoms. The maximum Gasteiger partial charge on any atom is 0.302 e. The van der Waals surface area contributed by atoms with Gasteiger partial charge in [0, 0.05) is 18.8 Å². The molecular formula is C32H50O5. The summed E-state index contributed by atoms with van der Waals surface area (Å²) in [5.74, 6) is 0.947. The average Bonchev–Trinajstić information content (AvgIpc) is 3.27. The molecule has 5 aliphatic rings. The van der Waals surface area contributed by atoms with Crippen molar-refractivity contribution in [2.75, 3.05) is 0 Å². The van der Waals surface area contributed by atoms with Gasteiger partial charge in [-0.15, -0.1) is 0 Å². The number of ether oxygens (including phenoxy) is 2. The lowest BCUT2D eigenvalue weighted by molar-refractivity contribution is -0.208. The highest BCUT2D eigenvalue weighted by atomic mass is 16.6. The fourth-order valence-electron chi connectivity index (χ4n) is 10.4. The van der Waals surface area contributed by atoms with E-state index in [2.05, 4.69) is 55.4 Å². The third-order valence-electron chi connectivity index (χ3n) is 12.5. The highest BCUT2D eigenvalue weighted by Crippen LogP contribution is 2.74. The molecule has 5 nitrogen and oxygen atoms in total. The Balaban J connectivity index is 1.46. The Hall–Kier alpha value is -1.20. The molecule has 0 aromatic rings. The number of aliphatic hydroxyl groups excluding tert-OH is 1. The van der Waals surface area contributed by atoms with E-state index in [0.29, 0.717) is 18.1 Å². The molecule has 0 unspecified atom stereocenters. The SMILES string of the molecule is CC(=O)O[C@@H](C[C@H](C)C1=C2C[C@H](O)[C@@H]3[C@]4(C)CCC(=O)C(C)(C)[C@@H]4CC[C@@]3(C)[C@@]2(C)CC1)[C@H]1OC1(C)C. The number of epoxide rings is 1. The molecule has 4 fully saturated rings. The van der Waals surface area contributed by atoms with E-state index in [4.69, 9.17) is 9.47 Å². The van der Waals surface area contributed by atoms with Gasteiger partial charge in [0.2, 0.25) is 0 Å². The third kappa shape index (κ3) is 3.84. The fourth-order valence-corrected chi connectivity index (χ4v) is 10.4. The average molecular weight is 515 g/mol. The molecule has 0 spiro atoms. The normalized spacial score (nSPS) is 45.4. The molecule has 5 rings (SSSR count). The van der Waals surface area contributed by atoms with Crippen molar-refractivity contribution in [1.82, 2.24) is 0 Å². The van der Waals surface area contributed by atoms with E-state index < -0.39 is 0 Å². The quantitative estimate of drug-likeness (QED) is 0.261. The summed E-state index contributed by atoms with van der Waals surface area (Å²) >= 11 is 0. The zero-order valence-electron chi connectivity index (χ0n) is 24.7. The van der Waals surface area contributed by atoms with Gasteiger partial charge in [-0.25, -0.2) is 0 Å². The van der Waals surface area contributed by atoms with E-state index in [0.717, 1.165) is 44.9 Å². The lowest BCUT2D eigenvalue weighted by Gasteiger charge is -2.69. The summed E-state index contributed by atoms with van der Waals surface area (Å²) in [6.07, 6.45) is 6.64. The lowest BCUT2D eigenvalue weighted by atomic mass is 9.36. The minimum absolute atomic E-state index is 0.0000676. The Kier molecular flexibility index (Phi) is 6.21. The number of aliphatic hydroxyl groups is 1. The van der Waals surface area contributed by atoms with Crippen molar-refractivity contribution in [2.24, 2.45) is 39.4 Å². The van der Waals surface area contributed by atoms with E-state index in [9.17, 15) is 14.7 Å². The molecule has 0 aromatic heterocycles. The number of hydrogen-bond acceptors (Lipinski definition) is 5. The van der Waals surface area contributed by atoms with Crippen LogP contribution in [-0.4, -0.2) is 40.8 Å². The predicted molar refractivity (Wildman–Crippen MR) is 144 cm³/mol. The van der Waals surface area contributed by atoms with Gasteiger partial charge in [0.25, 0.3) is 0 Å². The number of Topliss-reactive ketones (excluding diaryl/α,β-unsaturated/α-hetero) is 1. The summed E-state index contributed by atoms with van der Waals surface area (Å²) in [5.41, 5.74) is 2.41. The minimum atomic E-state index is -0.389. The third-order valence-corrected chi connectivity index (χ3v) is 12.5. The van der Waals surface area contributed by atoms with Gasteiger partial charge in [0.1, 0.15) is 18.0 Å². The van der Waals surface area contributed by atoms with Gasteiger partial charge in [-0.2, -0.15) is 0 Å². The minimum Gasteiger partial charge on any atom is -0.460 e. The van der Waals surface area contributed by atoms with Crippen LogP contribution in [0.1, 0.15) is 114 Å². The second-order valence-corrected chi connectivity index (χ2v) is 15.2. The topological polar surface area (TPSA) is 76.1 Å². The maximum atomic E-state index is 12.9. The number of hydrogen-bond donors (Lipinski definition) is 1. The highest BCUT2D eigenvalue weighted by molar-refractivity contribution is 5.85. The van der Waals surface area contributed by atoms with E-state index in [1.807, 2.05) is 0 Å². The van der Waals surface area contributed by atoms with Crippen molar-refractivity contribution in [3.8, 4) is 0 Å². The first-order valence-electron chi connectivity index (χ1n) is 14.8. The largest absolute Gasteiger partial charge is 0.460 e. The van der Waals surface area contributed by atoms with Crippen LogP contribution in [0.2, 0.25) is 0 Å². The predicted octanol–water partition coefficient (Wildman–Crippen LogP) is 6.41. The van der Waals surface area contributed by atoms with Crippen molar-refractivity contribution >= 4 is 11.8 Å². The Morgan fingerprint density at radius 2 is 1.73 bits per heavy atom. The number of rotatable bonds is 5. The molecule has 9 atom stereocenters. The fraction of sp³-hybridized carbons (Fsp3) is 0.875. The molecule has 208 valence electrons. The van der Waals surface area contributed by atoms with Crippen molar-refractivity contribution in [3.05, 3.63) is 11.1 Å². The van der Waals surface area contributed by atoms with Crippen LogP contribution in [0, 0.1) is 39.4 Å². The molecule has 3 saturated carbocycles. The van der Waals surface area contributed by atoms with Crippen LogP contribution < -0.4 is 0 Å². The second kappa shape index (κ2) is 8.40. The Bertz CT molecular complexity index is 1020. The summed E-state index contributed by atoms with van der Waals surface area (Å²) in [5, 5.41) is 11.9. The van der Waals surface area contributed by atoms with Gasteiger partial charge >= 0.3 is 5.97 Å². The first-order chi connectivity index (χ1) is 17.0. The van der Waals surface area contributed by atoms with Gasteiger partial charge in [0.05, 0.1) is 11.7 Å². The number of allylic oxidation sites excluding steroid dienone is 1. The molecule has 0 aromatic carbocycles. The van der Waals surface area contributed by atoms with Crippen molar-refractivity contribution in [2.45, 2.75) is 138 Å². The van der Waals surface area contributed by atoms with Crippen LogP contribution in [0.25, 0.3) is 0 Å². The molecule has 0 radical (unpaired) electrons. The summed E-state index contributed by atoms with van der Waals surface area (Å²) in [6, 6.07) is 0. The monoisotopic (exact) mass is 514 g/mol. The smallest absolute Gasteiger partial charge is 0.302 e. The lowest BCUT2D eigenvalue weighted by Crippen LogP contribution is -2.65. The number of fused-ring (bicyclic) bond motifs is 5. The van der Waals surface area contributed by atoms with Gasteiger partial charge in [-0.05, 0) is 92.8 Å². The van der Waals surface area contributed by atoms with E-state index >= 15 is 0 Å². The molecule has 0 amide bonds. The molecule has 0 bridgehead atoms. The standard InChI is InChI=1S/C32H50O5/c1-18(16-23(36-19(2)33)27-29(5,6)37-27)20-10-14-31(8)21(20)17-22(34)26-30(7)13-12-25(35)28(3,4)24(30)11-15-32(26,31)9/h18,22-24,26-27,34H,10-17H2,1-9H3/t18-,22-,23-,24-,26+,27+,30+,31-,32+/m0/s1. The zero-order valence-corrected chi connectivity index (χ0v) is 24.7. The summed E-state index contributed by atoms with van der Waals surface area (Å²) in [4.78, 5) is 24.8. The highest BCUT2D eigenvalue weighted by Gasteiger charge is 2.69. The molecule has 1 saturated heterocycles. The van der Waals surface area contributed by atoms with Crippen LogP contribution in [0.5, 0.6) is 0 Å². The number of carbonyl (C=O) groups excluding carboxylic acids is 2. The summed E-state index contributed by atoms with van der Waals surface area (Å²) < 4.78 is 11.7. The number of esters is 1. The van der Waals surface area contributed by atoms with Crippen molar-refractivity contribution in [1.29, 1.82) is 0 Å². The van der Waals surface area contributed by atoms with Gasteiger partial charge in [-0.1, -0.05) is 52.7 Å². The van der Waals surface area contributed by atoms with Crippen LogP contribution in [-0.2, 0) is 19.1 Å². The van der Waals surface area contributed by atoms with Gasteiger partial charge < -0.3 is 14.6 Å². The first-order valence-corrected chi connectivity index (χ1v) is 14.8. The Labute approximate surface area is 224 Å². The zero-order chi connectivity index (χ0) is 27.3. The Morgan fingerprint density at radius 1 is 1.08 bits per heavy atom. The summed E-state index contributed by atoms with van der Waals surface area (Å²) in [6.45, 7) is 19.5. The molecular weight excluding hydrogens is 464 g/mol. The van der Waals surface area contributed by atoms with E-state index in [1.165, 1.54) is 18.1 Å². The number of ketones is 1. The maximum absolute atomic E-state index is 12.9. The molecule has 5 heteroatoms. The van der Waals surface area contributed by atoms with E-state index in [1.54, 1.807) is 0 Å². The number of carbonyl (C=O) groups is 2. The molecule has 1 aliphatic heterocycles. The summed E-state index contributed by atoms with van der Waals surface area (Å²) in [7, 11) is 0. The first kappa shape index (κ1) is 27.4. The van der Waals surface area contributed by atoms with Gasteiger partial charge in [-0.3, -0.25) is 9.59 Å². The Morgan fingerprint density at radius 3 is 2.32 bits per heavy atom. The molecule has 1 heterocycles. The molecule has 4 aliphatic carbocycles. The van der Waals surface area contributed by atoms with Crippen LogP contribution in [0.3, 0.4) is 0 Å². The van der Waals surface area contributed by atoms with Crippen molar-refractivity contribution < 1.29 is 24.2 Å². The van der Waals surface area contributed by atoms with Crippen LogP contribution in [0.15, 0.2) is 11.1 Å². The second-order valence-electron chi connectivity index (χ2n) is 15.2. The van der Waals surface area contributed by atoms with Gasteiger partial charge in [0.15, 0.2) is 0 Å². The van der Waals surface area contributed by atoms with Crippen LogP contribution >= 0.6 is 0 Å². The molecule has 1 N–H and O–H groups in total.